The molecule has 0 aliphatic heterocycles. The van der Waals surface area contributed by atoms with Gasteiger partial charge in [0.15, 0.2) is 6.73 Å². The summed E-state index contributed by atoms with van der Waals surface area (Å²) < 4.78 is 7.35. The van der Waals surface area contributed by atoms with Crippen LogP contribution in [0.1, 0.15) is 28.0 Å². The van der Waals surface area contributed by atoms with E-state index < -0.39 is 0 Å². The van der Waals surface area contributed by atoms with Crippen LogP contribution >= 0.6 is 0 Å². The van der Waals surface area contributed by atoms with Crippen LogP contribution < -0.4 is 10.1 Å². The highest BCUT2D eigenvalue weighted by molar-refractivity contribution is 5.92. The van der Waals surface area contributed by atoms with Crippen molar-refractivity contribution in [2.45, 2.75) is 27.0 Å². The SMILES string of the molecule is Cc1cc(C)cc(OCn2ccc(C(=O)NCCCN(C)C)n2)c1. The van der Waals surface area contributed by atoms with Crippen molar-refractivity contribution in [1.82, 2.24) is 20.0 Å². The standard InChI is InChI=1S/C18H26N4O2/c1-14-10-15(2)12-16(11-14)24-13-22-9-6-17(20-22)18(23)19-7-5-8-21(3)4/h6,9-12H,5,7-8,13H2,1-4H3,(H,19,23). The van der Waals surface area contributed by atoms with Crippen molar-refractivity contribution in [3.05, 3.63) is 47.3 Å². The maximum absolute atomic E-state index is 12.0. The lowest BCUT2D eigenvalue weighted by molar-refractivity contribution is 0.0945. The minimum absolute atomic E-state index is 0.154. The zero-order valence-corrected chi connectivity index (χ0v) is 14.9. The number of benzene rings is 1. The molecule has 6 nitrogen and oxygen atoms in total. The maximum Gasteiger partial charge on any atom is 0.271 e. The number of rotatable bonds is 8. The first-order valence-corrected chi connectivity index (χ1v) is 8.11. The maximum atomic E-state index is 12.0. The molecule has 0 bridgehead atoms. The normalized spacial score (nSPS) is 10.9. The number of nitrogens with one attached hydrogen (secondary N) is 1. The molecule has 0 saturated heterocycles. The van der Waals surface area contributed by atoms with E-state index in [4.69, 9.17) is 4.74 Å². The second-order valence-electron chi connectivity index (χ2n) is 6.25. The van der Waals surface area contributed by atoms with Crippen molar-refractivity contribution in [2.75, 3.05) is 27.2 Å². The Morgan fingerprint density at radius 1 is 1.25 bits per heavy atom. The third-order valence-corrected chi connectivity index (χ3v) is 3.50. The van der Waals surface area contributed by atoms with Crippen LogP contribution in [0.2, 0.25) is 0 Å². The van der Waals surface area contributed by atoms with Crippen molar-refractivity contribution in [3.63, 3.8) is 0 Å². The van der Waals surface area contributed by atoms with Gasteiger partial charge in [-0.25, -0.2) is 4.68 Å². The molecular formula is C18H26N4O2. The summed E-state index contributed by atoms with van der Waals surface area (Å²) in [7, 11) is 4.03. The van der Waals surface area contributed by atoms with Gasteiger partial charge >= 0.3 is 0 Å². The summed E-state index contributed by atoms with van der Waals surface area (Å²) in [6.45, 7) is 5.93. The van der Waals surface area contributed by atoms with Crippen LogP contribution in [0.25, 0.3) is 0 Å². The van der Waals surface area contributed by atoms with E-state index in [1.54, 1.807) is 16.9 Å². The third-order valence-electron chi connectivity index (χ3n) is 3.50. The Kier molecular flexibility index (Phi) is 6.37. The number of carbonyl (C=O) groups is 1. The smallest absolute Gasteiger partial charge is 0.271 e. The molecule has 1 amide bonds. The van der Waals surface area contributed by atoms with Crippen LogP contribution in [0.3, 0.4) is 0 Å². The van der Waals surface area contributed by atoms with Gasteiger partial charge in [0.25, 0.3) is 5.91 Å². The van der Waals surface area contributed by atoms with Gasteiger partial charge in [0, 0.05) is 12.7 Å². The molecule has 24 heavy (non-hydrogen) atoms. The monoisotopic (exact) mass is 330 g/mol. The van der Waals surface area contributed by atoms with Crippen LogP contribution in [0.5, 0.6) is 5.75 Å². The first kappa shape index (κ1) is 18.0. The molecule has 1 N–H and O–H groups in total. The highest BCUT2D eigenvalue weighted by Crippen LogP contribution is 2.16. The topological polar surface area (TPSA) is 59.4 Å². The molecule has 1 aromatic heterocycles. The molecule has 0 unspecified atom stereocenters. The fourth-order valence-corrected chi connectivity index (χ4v) is 2.40. The van der Waals surface area contributed by atoms with Crippen molar-refractivity contribution in [3.8, 4) is 5.75 Å². The van der Waals surface area contributed by atoms with Gasteiger partial charge in [-0.15, -0.1) is 0 Å². The van der Waals surface area contributed by atoms with E-state index in [0.717, 1.165) is 29.8 Å². The number of aromatic nitrogens is 2. The Balaban J connectivity index is 1.83. The van der Waals surface area contributed by atoms with E-state index in [0.29, 0.717) is 12.2 Å². The Bertz CT molecular complexity index is 659. The highest BCUT2D eigenvalue weighted by Gasteiger charge is 2.09. The predicted octanol–water partition coefficient (Wildman–Crippen LogP) is 2.22. The molecule has 1 aromatic carbocycles. The van der Waals surface area contributed by atoms with Gasteiger partial charge < -0.3 is 15.0 Å². The molecule has 1 heterocycles. The number of aryl methyl sites for hydroxylation is 2. The summed E-state index contributed by atoms with van der Waals surface area (Å²) in [4.78, 5) is 14.1. The number of nitrogens with zero attached hydrogens (tertiary/aromatic N) is 3. The van der Waals surface area contributed by atoms with Gasteiger partial charge in [0.1, 0.15) is 11.4 Å². The van der Waals surface area contributed by atoms with Crippen molar-refractivity contribution in [1.29, 1.82) is 0 Å². The van der Waals surface area contributed by atoms with Crippen LogP contribution in [-0.2, 0) is 6.73 Å². The van der Waals surface area contributed by atoms with Crippen LogP contribution in [0, 0.1) is 13.8 Å². The lowest BCUT2D eigenvalue weighted by atomic mass is 10.1. The lowest BCUT2D eigenvalue weighted by Gasteiger charge is -2.09. The predicted molar refractivity (Wildman–Crippen MR) is 94.3 cm³/mol. The summed E-state index contributed by atoms with van der Waals surface area (Å²) in [5.74, 6) is 0.650. The van der Waals surface area contributed by atoms with Crippen LogP contribution in [0.4, 0.5) is 0 Å². The molecule has 6 heteroatoms. The Morgan fingerprint density at radius 3 is 2.62 bits per heavy atom. The van der Waals surface area contributed by atoms with Crippen LogP contribution in [0.15, 0.2) is 30.5 Å². The van der Waals surface area contributed by atoms with E-state index >= 15 is 0 Å². The van der Waals surface area contributed by atoms with Crippen LogP contribution in [-0.4, -0.2) is 47.8 Å². The minimum atomic E-state index is -0.154. The fourth-order valence-electron chi connectivity index (χ4n) is 2.40. The van der Waals surface area contributed by atoms with E-state index in [1.165, 1.54) is 0 Å². The molecule has 0 fully saturated rings. The summed E-state index contributed by atoms with van der Waals surface area (Å²) in [5.41, 5.74) is 2.72. The highest BCUT2D eigenvalue weighted by atomic mass is 16.5. The molecule has 130 valence electrons. The lowest BCUT2D eigenvalue weighted by Crippen LogP contribution is -2.27. The molecule has 0 aliphatic carbocycles. The second-order valence-corrected chi connectivity index (χ2v) is 6.25. The molecule has 0 radical (unpaired) electrons. The molecule has 0 atom stereocenters. The third kappa shape index (κ3) is 5.70. The van der Waals surface area contributed by atoms with Crippen molar-refractivity contribution >= 4 is 5.91 Å². The summed E-state index contributed by atoms with van der Waals surface area (Å²) in [6.07, 6.45) is 2.66. The van der Waals surface area contributed by atoms with Gasteiger partial charge in [-0.05, 0) is 70.2 Å². The molecule has 0 aliphatic rings. The van der Waals surface area contributed by atoms with Gasteiger partial charge in [0.05, 0.1) is 0 Å². The molecular weight excluding hydrogens is 304 g/mol. The fraction of sp³-hybridized carbons (Fsp3) is 0.444. The Morgan fingerprint density at radius 2 is 1.96 bits per heavy atom. The zero-order valence-electron chi connectivity index (χ0n) is 14.9. The first-order chi connectivity index (χ1) is 11.4. The summed E-state index contributed by atoms with van der Waals surface area (Å²) in [6, 6.07) is 7.76. The first-order valence-electron chi connectivity index (χ1n) is 8.11. The number of hydrogen-bond acceptors (Lipinski definition) is 4. The quantitative estimate of drug-likeness (QED) is 0.754. The van der Waals surface area contributed by atoms with E-state index in [2.05, 4.69) is 21.4 Å². The van der Waals surface area contributed by atoms with Gasteiger partial charge in [-0.2, -0.15) is 5.10 Å². The number of carbonyl (C=O) groups excluding carboxylic acids is 1. The minimum Gasteiger partial charge on any atom is -0.471 e. The Labute approximate surface area is 143 Å². The number of ether oxygens (including phenoxy) is 1. The van der Waals surface area contributed by atoms with E-state index in [9.17, 15) is 4.79 Å². The molecule has 0 saturated carbocycles. The van der Waals surface area contributed by atoms with Gasteiger partial charge in [-0.1, -0.05) is 6.07 Å². The second kappa shape index (κ2) is 8.49. The van der Waals surface area contributed by atoms with Crippen molar-refractivity contribution < 1.29 is 9.53 Å². The molecule has 2 rings (SSSR count). The largest absolute Gasteiger partial charge is 0.471 e. The average Bonchev–Trinajstić information content (AvgIpc) is 2.97. The van der Waals surface area contributed by atoms with Gasteiger partial charge in [0.2, 0.25) is 0 Å². The zero-order chi connectivity index (χ0) is 17.5. The van der Waals surface area contributed by atoms with Crippen molar-refractivity contribution in [2.24, 2.45) is 0 Å². The molecule has 2 aromatic rings. The van der Waals surface area contributed by atoms with Gasteiger partial charge in [-0.3, -0.25) is 4.79 Å². The molecule has 0 spiro atoms. The Hall–Kier alpha value is -2.34. The number of hydrogen-bond donors (Lipinski definition) is 1. The average molecular weight is 330 g/mol. The van der Waals surface area contributed by atoms with E-state index in [1.807, 2.05) is 40.1 Å². The summed E-state index contributed by atoms with van der Waals surface area (Å²) in [5, 5.41) is 7.13. The summed E-state index contributed by atoms with van der Waals surface area (Å²) >= 11 is 0. The van der Waals surface area contributed by atoms with E-state index in [-0.39, 0.29) is 12.6 Å². The number of amides is 1.